The Morgan fingerprint density at radius 3 is 2.85 bits per heavy atom. The van der Waals surface area contributed by atoms with Gasteiger partial charge in [-0.25, -0.2) is 0 Å². The van der Waals surface area contributed by atoms with Crippen LogP contribution >= 0.6 is 0 Å². The molecule has 0 saturated carbocycles. The third kappa shape index (κ3) is 5.39. The lowest BCUT2D eigenvalue weighted by atomic mass is 9.98. The van der Waals surface area contributed by atoms with Crippen molar-refractivity contribution in [2.24, 2.45) is 11.7 Å². The fourth-order valence-corrected chi connectivity index (χ4v) is 2.15. The van der Waals surface area contributed by atoms with E-state index in [0.29, 0.717) is 13.1 Å². The van der Waals surface area contributed by atoms with Crippen LogP contribution in [0, 0.1) is 16.0 Å². The smallest absolute Gasteiger partial charge is 0.320 e. The molecule has 1 rings (SSSR count). The maximum Gasteiger partial charge on any atom is 0.320 e. The number of aliphatic carboxylic acids is 1. The van der Waals surface area contributed by atoms with Crippen LogP contribution in [0.4, 0.5) is 0 Å². The molecule has 0 radical (unpaired) electrons. The first kappa shape index (κ1) is 16.2. The van der Waals surface area contributed by atoms with Gasteiger partial charge >= 0.3 is 5.97 Å². The molecule has 0 aliphatic carbocycles. The molecule has 0 spiro atoms. The highest BCUT2D eigenvalue weighted by Gasteiger charge is 2.25. The number of hydrogen-bond acceptors (Lipinski definition) is 6. The summed E-state index contributed by atoms with van der Waals surface area (Å²) in [5.41, 5.74) is 5.34. The summed E-state index contributed by atoms with van der Waals surface area (Å²) in [6, 6.07) is -1.04. The van der Waals surface area contributed by atoms with Gasteiger partial charge in [0.25, 0.3) is 5.09 Å². The lowest BCUT2D eigenvalue weighted by Gasteiger charge is -2.32. The van der Waals surface area contributed by atoms with Gasteiger partial charge in [-0.05, 0) is 19.3 Å². The number of carbonyl (C=O) groups is 2. The molecule has 3 N–H and O–H groups in total. The fourth-order valence-electron chi connectivity index (χ4n) is 2.15. The van der Waals surface area contributed by atoms with E-state index in [9.17, 15) is 19.7 Å². The van der Waals surface area contributed by atoms with E-state index in [2.05, 4.69) is 4.84 Å². The summed E-state index contributed by atoms with van der Waals surface area (Å²) in [6.45, 7) is 0.955. The molecule has 9 heteroatoms. The molecular formula is C11H19N3O6. The molecule has 1 aliphatic rings. The molecule has 1 saturated heterocycles. The molecule has 9 nitrogen and oxygen atoms in total. The van der Waals surface area contributed by atoms with E-state index in [1.165, 1.54) is 0 Å². The van der Waals surface area contributed by atoms with Crippen LogP contribution in [0.15, 0.2) is 0 Å². The van der Waals surface area contributed by atoms with Crippen molar-refractivity contribution in [3.05, 3.63) is 10.1 Å². The van der Waals surface area contributed by atoms with Gasteiger partial charge in [0.05, 0.1) is 0 Å². The Labute approximate surface area is 115 Å². The highest BCUT2D eigenvalue weighted by Crippen LogP contribution is 2.18. The first-order valence-electron chi connectivity index (χ1n) is 6.43. The second-order valence-corrected chi connectivity index (χ2v) is 4.85. The zero-order valence-electron chi connectivity index (χ0n) is 11.1. The number of carboxylic acid groups (broad SMARTS) is 1. The SMILES string of the molecule is NC(CCC(=O)N1CCCC(CO[N+](=O)[O-])C1)C(=O)O. The third-order valence-corrected chi connectivity index (χ3v) is 3.27. The van der Waals surface area contributed by atoms with Crippen molar-refractivity contribution in [2.45, 2.75) is 31.7 Å². The van der Waals surface area contributed by atoms with Crippen LogP contribution in [0.2, 0.25) is 0 Å². The van der Waals surface area contributed by atoms with Gasteiger partial charge in [-0.1, -0.05) is 0 Å². The predicted octanol–water partition coefficient (Wildman–Crippen LogP) is -0.375. The van der Waals surface area contributed by atoms with Crippen molar-refractivity contribution in [1.82, 2.24) is 4.90 Å². The molecule has 1 fully saturated rings. The largest absolute Gasteiger partial charge is 0.480 e. The van der Waals surface area contributed by atoms with Gasteiger partial charge in [0.15, 0.2) is 0 Å². The average molecular weight is 289 g/mol. The summed E-state index contributed by atoms with van der Waals surface area (Å²) in [6.07, 6.45) is 1.67. The summed E-state index contributed by atoms with van der Waals surface area (Å²) in [5, 5.41) is 17.9. The Morgan fingerprint density at radius 1 is 1.55 bits per heavy atom. The lowest BCUT2D eigenvalue weighted by Crippen LogP contribution is -2.42. The molecule has 2 atom stereocenters. The summed E-state index contributed by atoms with van der Waals surface area (Å²) < 4.78 is 0. The number of carbonyl (C=O) groups excluding carboxylic acids is 1. The number of carboxylic acids is 1. The fraction of sp³-hybridized carbons (Fsp3) is 0.818. The summed E-state index contributed by atoms with van der Waals surface area (Å²) in [5.74, 6) is -1.37. The van der Waals surface area contributed by atoms with Crippen molar-refractivity contribution in [3.8, 4) is 0 Å². The zero-order chi connectivity index (χ0) is 15.1. The second-order valence-electron chi connectivity index (χ2n) is 4.85. The molecule has 0 aromatic carbocycles. The van der Waals surface area contributed by atoms with Crippen LogP contribution in [-0.2, 0) is 14.4 Å². The number of piperidine rings is 1. The van der Waals surface area contributed by atoms with Crippen molar-refractivity contribution in [3.63, 3.8) is 0 Å². The Hall–Kier alpha value is -1.90. The standard InChI is InChI=1S/C11H19N3O6/c12-9(11(16)17)3-4-10(15)13-5-1-2-8(6-13)7-20-14(18)19/h8-9H,1-7,12H2,(H,16,17). The molecule has 0 aromatic rings. The second kappa shape index (κ2) is 7.63. The number of amides is 1. The van der Waals surface area contributed by atoms with Crippen LogP contribution in [0.3, 0.4) is 0 Å². The lowest BCUT2D eigenvalue weighted by molar-refractivity contribution is -0.759. The van der Waals surface area contributed by atoms with Crippen molar-refractivity contribution >= 4 is 11.9 Å². The maximum absolute atomic E-state index is 11.9. The number of rotatable bonds is 7. The number of nitrogens with zero attached hydrogens (tertiary/aromatic N) is 2. The van der Waals surface area contributed by atoms with Crippen molar-refractivity contribution in [1.29, 1.82) is 0 Å². The highest BCUT2D eigenvalue weighted by atomic mass is 16.9. The third-order valence-electron chi connectivity index (χ3n) is 3.27. The molecule has 1 aliphatic heterocycles. The number of likely N-dealkylation sites (tertiary alicyclic amines) is 1. The molecular weight excluding hydrogens is 270 g/mol. The van der Waals surface area contributed by atoms with Gasteiger partial charge in [-0.3, -0.25) is 9.59 Å². The van der Waals surface area contributed by atoms with Crippen molar-refractivity contribution < 1.29 is 24.6 Å². The quantitative estimate of drug-likeness (QED) is 0.481. The Morgan fingerprint density at radius 2 is 2.25 bits per heavy atom. The van der Waals surface area contributed by atoms with E-state index < -0.39 is 17.1 Å². The number of hydrogen-bond donors (Lipinski definition) is 2. The van der Waals surface area contributed by atoms with Crippen LogP contribution in [0.25, 0.3) is 0 Å². The minimum atomic E-state index is -1.13. The van der Waals surface area contributed by atoms with Crippen molar-refractivity contribution in [2.75, 3.05) is 19.7 Å². The Kier molecular flexibility index (Phi) is 6.16. The van der Waals surface area contributed by atoms with E-state index in [4.69, 9.17) is 10.8 Å². The monoisotopic (exact) mass is 289 g/mol. The molecule has 20 heavy (non-hydrogen) atoms. The van der Waals surface area contributed by atoms with Crippen LogP contribution in [0.1, 0.15) is 25.7 Å². The predicted molar refractivity (Wildman–Crippen MR) is 67.1 cm³/mol. The first-order valence-corrected chi connectivity index (χ1v) is 6.43. The van der Waals surface area contributed by atoms with Gasteiger partial charge < -0.3 is 20.6 Å². The normalized spacial score (nSPS) is 20.2. The van der Waals surface area contributed by atoms with E-state index in [1.54, 1.807) is 4.90 Å². The summed E-state index contributed by atoms with van der Waals surface area (Å²) >= 11 is 0. The maximum atomic E-state index is 11.9. The van der Waals surface area contributed by atoms with E-state index in [1.807, 2.05) is 0 Å². The topological polar surface area (TPSA) is 136 Å². The summed E-state index contributed by atoms with van der Waals surface area (Å²) in [4.78, 5) is 38.5. The van der Waals surface area contributed by atoms with Gasteiger partial charge in [-0.2, -0.15) is 0 Å². The molecule has 1 amide bonds. The summed E-state index contributed by atoms with van der Waals surface area (Å²) in [7, 11) is 0. The van der Waals surface area contributed by atoms with Crippen LogP contribution < -0.4 is 5.73 Å². The van der Waals surface area contributed by atoms with E-state index >= 15 is 0 Å². The van der Waals surface area contributed by atoms with Gasteiger partial charge in [-0.15, -0.1) is 10.1 Å². The molecule has 0 bridgehead atoms. The average Bonchev–Trinajstić information content (AvgIpc) is 2.42. The molecule has 114 valence electrons. The zero-order valence-corrected chi connectivity index (χ0v) is 11.1. The first-order chi connectivity index (χ1) is 9.40. The molecule has 1 heterocycles. The van der Waals surface area contributed by atoms with Gasteiger partial charge in [0.2, 0.25) is 5.91 Å². The Balaban J connectivity index is 2.36. The number of nitrogens with two attached hydrogens (primary N) is 1. The van der Waals surface area contributed by atoms with Crippen LogP contribution in [0.5, 0.6) is 0 Å². The van der Waals surface area contributed by atoms with E-state index in [0.717, 1.165) is 12.8 Å². The highest BCUT2D eigenvalue weighted by molar-refractivity contribution is 5.78. The molecule has 0 aromatic heterocycles. The Bertz CT molecular complexity index is 375. The van der Waals surface area contributed by atoms with Crippen LogP contribution in [-0.4, -0.2) is 52.7 Å². The van der Waals surface area contributed by atoms with E-state index in [-0.39, 0.29) is 31.3 Å². The van der Waals surface area contributed by atoms with Gasteiger partial charge in [0.1, 0.15) is 12.6 Å². The minimum absolute atomic E-state index is 0.0224. The van der Waals surface area contributed by atoms with Gasteiger partial charge in [0, 0.05) is 25.4 Å². The molecule has 2 unspecified atom stereocenters. The minimum Gasteiger partial charge on any atom is -0.480 e.